The Labute approximate surface area is 160 Å². The highest BCUT2D eigenvalue weighted by Crippen LogP contribution is 2.49. The van der Waals surface area contributed by atoms with Crippen molar-refractivity contribution in [2.45, 2.75) is 44.2 Å². The van der Waals surface area contributed by atoms with Crippen LogP contribution < -0.4 is 0 Å². The van der Waals surface area contributed by atoms with Gasteiger partial charge in [-0.25, -0.2) is 8.42 Å². The van der Waals surface area contributed by atoms with Crippen molar-refractivity contribution in [1.29, 1.82) is 0 Å². The Morgan fingerprint density at radius 3 is 2.00 bits per heavy atom. The highest BCUT2D eigenvalue weighted by molar-refractivity contribution is 7.89. The monoisotopic (exact) mass is 387 g/mol. The first-order valence-electron chi connectivity index (χ1n) is 9.00. The molecule has 3 rings (SSSR count). The van der Waals surface area contributed by atoms with Crippen molar-refractivity contribution < 1.29 is 18.3 Å². The summed E-state index contributed by atoms with van der Waals surface area (Å²) in [5.41, 5.74) is 0.465. The van der Waals surface area contributed by atoms with Gasteiger partial charge in [-0.2, -0.15) is 4.31 Å². The third-order valence-corrected chi connectivity index (χ3v) is 7.21. The van der Waals surface area contributed by atoms with Gasteiger partial charge in [0.2, 0.25) is 10.0 Å². The zero-order valence-corrected chi connectivity index (χ0v) is 16.6. The zero-order chi connectivity index (χ0) is 19.8. The third-order valence-electron chi connectivity index (χ3n) is 5.31. The molecule has 27 heavy (non-hydrogen) atoms. The van der Waals surface area contributed by atoms with Crippen molar-refractivity contribution in [1.82, 2.24) is 4.31 Å². The zero-order valence-electron chi connectivity index (χ0n) is 15.7. The number of carboxylic acids is 1. The van der Waals surface area contributed by atoms with Gasteiger partial charge in [-0.05, 0) is 35.4 Å². The minimum atomic E-state index is -3.97. The Hall–Kier alpha value is -2.18. The maximum absolute atomic E-state index is 13.5. The predicted molar refractivity (Wildman–Crippen MR) is 104 cm³/mol. The molecule has 144 valence electrons. The molecule has 1 heterocycles. The molecule has 0 radical (unpaired) electrons. The van der Waals surface area contributed by atoms with Gasteiger partial charge in [-0.3, -0.25) is 4.79 Å². The molecular formula is C21H25NO4S. The van der Waals surface area contributed by atoms with Gasteiger partial charge in [0.25, 0.3) is 0 Å². The van der Waals surface area contributed by atoms with Crippen LogP contribution in [0.25, 0.3) is 0 Å². The van der Waals surface area contributed by atoms with Gasteiger partial charge >= 0.3 is 5.97 Å². The number of nitrogens with zero attached hydrogens (tertiary/aromatic N) is 1. The number of hydrogen-bond acceptors (Lipinski definition) is 3. The number of benzene rings is 2. The van der Waals surface area contributed by atoms with Gasteiger partial charge in [-0.15, -0.1) is 0 Å². The highest BCUT2D eigenvalue weighted by atomic mass is 32.2. The summed E-state index contributed by atoms with van der Waals surface area (Å²) in [7, 11) is -3.97. The molecule has 0 bridgehead atoms. The van der Waals surface area contributed by atoms with Crippen LogP contribution >= 0.6 is 0 Å². The minimum Gasteiger partial charge on any atom is -0.480 e. The molecule has 0 saturated carbocycles. The lowest BCUT2D eigenvalue weighted by Crippen LogP contribution is -2.46. The lowest BCUT2D eigenvalue weighted by atomic mass is 9.75. The van der Waals surface area contributed by atoms with Gasteiger partial charge in [0.15, 0.2) is 0 Å². The first kappa shape index (κ1) is 19.6. The highest BCUT2D eigenvalue weighted by Gasteiger charge is 2.54. The Morgan fingerprint density at radius 1 is 1.00 bits per heavy atom. The Balaban J connectivity index is 2.19. The van der Waals surface area contributed by atoms with Crippen molar-refractivity contribution in [2.24, 2.45) is 11.3 Å². The molecule has 1 fully saturated rings. The average Bonchev–Trinajstić information content (AvgIpc) is 3.05. The molecule has 2 aromatic rings. The fourth-order valence-corrected chi connectivity index (χ4v) is 5.77. The molecule has 3 atom stereocenters. The third kappa shape index (κ3) is 3.64. The van der Waals surface area contributed by atoms with E-state index in [1.54, 1.807) is 18.2 Å². The van der Waals surface area contributed by atoms with E-state index in [2.05, 4.69) is 0 Å². The standard InChI is InChI=1S/C21H25NO4S/c1-21(2,3)17-14-18(15-10-6-4-7-11-15)22(19(17)20(23)24)27(25,26)16-12-8-5-9-13-16/h4-13,17-19H,14H2,1-3H3,(H,23,24). The average molecular weight is 388 g/mol. The van der Waals surface area contributed by atoms with Gasteiger partial charge in [0, 0.05) is 0 Å². The van der Waals surface area contributed by atoms with Gasteiger partial charge in [0.1, 0.15) is 6.04 Å². The number of sulfonamides is 1. The van der Waals surface area contributed by atoms with E-state index in [1.807, 2.05) is 51.1 Å². The second kappa shape index (κ2) is 7.09. The second-order valence-corrected chi connectivity index (χ2v) is 9.91. The first-order valence-corrected chi connectivity index (χ1v) is 10.4. The normalized spacial score (nSPS) is 24.0. The number of carboxylic acid groups (broad SMARTS) is 1. The van der Waals surface area contributed by atoms with Crippen LogP contribution in [0, 0.1) is 11.3 Å². The summed E-state index contributed by atoms with van der Waals surface area (Å²) in [5, 5.41) is 9.99. The van der Waals surface area contributed by atoms with E-state index < -0.39 is 28.1 Å². The molecule has 2 aromatic carbocycles. The summed E-state index contributed by atoms with van der Waals surface area (Å²) in [5.74, 6) is -1.41. The van der Waals surface area contributed by atoms with E-state index in [4.69, 9.17) is 0 Å². The lowest BCUT2D eigenvalue weighted by molar-refractivity contribution is -0.143. The number of rotatable bonds is 4. The van der Waals surface area contributed by atoms with Crippen molar-refractivity contribution in [2.75, 3.05) is 0 Å². The first-order chi connectivity index (χ1) is 12.6. The summed E-state index contributed by atoms with van der Waals surface area (Å²) >= 11 is 0. The van der Waals surface area contributed by atoms with E-state index in [9.17, 15) is 18.3 Å². The van der Waals surface area contributed by atoms with Gasteiger partial charge < -0.3 is 5.11 Å². The molecule has 1 saturated heterocycles. The van der Waals surface area contributed by atoms with Crippen LogP contribution in [-0.4, -0.2) is 29.8 Å². The summed E-state index contributed by atoms with van der Waals surface area (Å²) in [6.45, 7) is 5.90. The summed E-state index contributed by atoms with van der Waals surface area (Å²) in [4.78, 5) is 12.3. The molecular weight excluding hydrogens is 362 g/mol. The van der Waals surface area contributed by atoms with Crippen LogP contribution in [0.3, 0.4) is 0 Å². The van der Waals surface area contributed by atoms with Crippen molar-refractivity contribution >= 4 is 16.0 Å². The Bertz CT molecular complexity index is 904. The maximum Gasteiger partial charge on any atom is 0.322 e. The van der Waals surface area contributed by atoms with E-state index in [0.717, 1.165) is 5.56 Å². The lowest BCUT2D eigenvalue weighted by Gasteiger charge is -2.32. The summed E-state index contributed by atoms with van der Waals surface area (Å²) < 4.78 is 28.2. The van der Waals surface area contributed by atoms with Crippen LogP contribution in [0.1, 0.15) is 38.8 Å². The molecule has 0 aliphatic carbocycles. The molecule has 1 N–H and O–H groups in total. The molecule has 0 aromatic heterocycles. The fraction of sp³-hybridized carbons (Fsp3) is 0.381. The maximum atomic E-state index is 13.5. The van der Waals surface area contributed by atoms with Gasteiger partial charge in [-0.1, -0.05) is 69.3 Å². The van der Waals surface area contributed by atoms with Crippen LogP contribution in [0.2, 0.25) is 0 Å². The number of carbonyl (C=O) groups is 1. The van der Waals surface area contributed by atoms with Crippen molar-refractivity contribution in [3.63, 3.8) is 0 Å². The molecule has 1 aliphatic heterocycles. The minimum absolute atomic E-state index is 0.117. The quantitative estimate of drug-likeness (QED) is 0.862. The van der Waals surface area contributed by atoms with Crippen LogP contribution in [0.15, 0.2) is 65.6 Å². The van der Waals surface area contributed by atoms with Crippen molar-refractivity contribution in [3.8, 4) is 0 Å². The topological polar surface area (TPSA) is 74.7 Å². The van der Waals surface area contributed by atoms with Crippen LogP contribution in [0.5, 0.6) is 0 Å². The predicted octanol–water partition coefficient (Wildman–Crippen LogP) is 3.94. The van der Waals surface area contributed by atoms with E-state index in [1.165, 1.54) is 16.4 Å². The SMILES string of the molecule is CC(C)(C)C1CC(c2ccccc2)N(S(=O)(=O)c2ccccc2)C1C(=O)O. The van der Waals surface area contributed by atoms with Crippen LogP contribution in [-0.2, 0) is 14.8 Å². The van der Waals surface area contributed by atoms with E-state index >= 15 is 0 Å². The molecule has 5 nitrogen and oxygen atoms in total. The van der Waals surface area contributed by atoms with Crippen LogP contribution in [0.4, 0.5) is 0 Å². The number of aliphatic carboxylic acids is 1. The smallest absolute Gasteiger partial charge is 0.322 e. The summed E-state index contributed by atoms with van der Waals surface area (Å²) in [6.07, 6.45) is 0.469. The molecule has 1 aliphatic rings. The largest absolute Gasteiger partial charge is 0.480 e. The molecule has 0 amide bonds. The summed E-state index contributed by atoms with van der Waals surface area (Å²) in [6, 6.07) is 15.7. The Morgan fingerprint density at radius 2 is 1.52 bits per heavy atom. The number of hydrogen-bond donors (Lipinski definition) is 1. The molecule has 0 spiro atoms. The second-order valence-electron chi connectivity index (χ2n) is 8.07. The van der Waals surface area contributed by atoms with E-state index in [0.29, 0.717) is 6.42 Å². The molecule has 6 heteroatoms. The molecule has 3 unspecified atom stereocenters. The van der Waals surface area contributed by atoms with Crippen molar-refractivity contribution in [3.05, 3.63) is 66.2 Å². The van der Waals surface area contributed by atoms with E-state index in [-0.39, 0.29) is 16.2 Å². The van der Waals surface area contributed by atoms with Gasteiger partial charge in [0.05, 0.1) is 10.9 Å². The Kier molecular flexibility index (Phi) is 5.14. The fourth-order valence-electron chi connectivity index (χ4n) is 3.94.